The van der Waals surface area contributed by atoms with Crippen LogP contribution in [0.25, 0.3) is 0 Å². The van der Waals surface area contributed by atoms with Crippen molar-refractivity contribution in [2.45, 2.75) is 18.5 Å². The van der Waals surface area contributed by atoms with E-state index >= 15 is 0 Å². The third-order valence-corrected chi connectivity index (χ3v) is 5.07. The molecular formula is C11H18N2S2. The molecule has 0 aromatic carbocycles. The summed E-state index contributed by atoms with van der Waals surface area (Å²) < 4.78 is 0. The maximum absolute atomic E-state index is 6.17. The van der Waals surface area contributed by atoms with Gasteiger partial charge in [-0.2, -0.15) is 11.8 Å². The van der Waals surface area contributed by atoms with Gasteiger partial charge in [-0.25, -0.2) is 0 Å². The van der Waals surface area contributed by atoms with Gasteiger partial charge in [0.2, 0.25) is 0 Å². The van der Waals surface area contributed by atoms with Crippen LogP contribution in [0.5, 0.6) is 0 Å². The summed E-state index contributed by atoms with van der Waals surface area (Å²) in [6.45, 7) is 0.978. The lowest BCUT2D eigenvalue weighted by atomic mass is 10.2. The first kappa shape index (κ1) is 11.5. The molecule has 2 N–H and O–H groups in total. The Hall–Kier alpha value is -0.0300. The molecule has 1 aromatic heterocycles. The topological polar surface area (TPSA) is 29.3 Å². The molecule has 0 bridgehead atoms. The lowest BCUT2D eigenvalue weighted by Crippen LogP contribution is -2.36. The van der Waals surface area contributed by atoms with Gasteiger partial charge in [0.1, 0.15) is 0 Å². The Kier molecular flexibility index (Phi) is 4.08. The minimum Gasteiger partial charge on any atom is -0.322 e. The fourth-order valence-corrected chi connectivity index (χ4v) is 3.94. The van der Waals surface area contributed by atoms with Crippen molar-refractivity contribution in [3.05, 3.63) is 22.4 Å². The summed E-state index contributed by atoms with van der Waals surface area (Å²) in [5.41, 5.74) is 6.17. The Bertz CT molecular complexity index is 281. The minimum absolute atomic E-state index is 0.181. The van der Waals surface area contributed by atoms with Crippen molar-refractivity contribution in [2.24, 2.45) is 5.73 Å². The summed E-state index contributed by atoms with van der Waals surface area (Å²) in [6, 6.07) is 5.12. The number of nitrogens with zero attached hydrogens (tertiary/aromatic N) is 1. The SMILES string of the molecule is CN(CC(N)c1cccs1)C1CCSC1. The molecular weight excluding hydrogens is 224 g/mol. The molecule has 2 heterocycles. The fourth-order valence-electron chi connectivity index (χ4n) is 1.92. The van der Waals surface area contributed by atoms with E-state index < -0.39 is 0 Å². The second-order valence-corrected chi connectivity index (χ2v) is 6.21. The maximum atomic E-state index is 6.17. The number of thiophene rings is 1. The van der Waals surface area contributed by atoms with Crippen molar-refractivity contribution >= 4 is 23.1 Å². The zero-order chi connectivity index (χ0) is 10.7. The van der Waals surface area contributed by atoms with E-state index in [0.717, 1.165) is 12.6 Å². The van der Waals surface area contributed by atoms with E-state index in [0.29, 0.717) is 0 Å². The van der Waals surface area contributed by atoms with E-state index in [1.807, 2.05) is 0 Å². The smallest absolute Gasteiger partial charge is 0.0519 e. The van der Waals surface area contributed by atoms with Gasteiger partial charge in [0, 0.05) is 23.2 Å². The van der Waals surface area contributed by atoms with Gasteiger partial charge >= 0.3 is 0 Å². The number of rotatable bonds is 4. The Morgan fingerprint density at radius 2 is 2.53 bits per heavy atom. The predicted octanol–water partition coefficient (Wildman–Crippen LogP) is 2.19. The summed E-state index contributed by atoms with van der Waals surface area (Å²) >= 11 is 3.81. The Balaban J connectivity index is 1.85. The van der Waals surface area contributed by atoms with Crippen molar-refractivity contribution in [1.29, 1.82) is 0 Å². The van der Waals surface area contributed by atoms with Crippen LogP contribution in [0.15, 0.2) is 17.5 Å². The Morgan fingerprint density at radius 1 is 1.67 bits per heavy atom. The zero-order valence-corrected chi connectivity index (χ0v) is 10.7. The van der Waals surface area contributed by atoms with Gasteiger partial charge in [-0.3, -0.25) is 0 Å². The van der Waals surface area contributed by atoms with Crippen LogP contribution in [0, 0.1) is 0 Å². The van der Waals surface area contributed by atoms with Gasteiger partial charge in [0.05, 0.1) is 6.04 Å². The molecule has 2 atom stereocenters. The molecule has 2 rings (SSSR count). The molecule has 1 aromatic rings. The first-order chi connectivity index (χ1) is 7.27. The second kappa shape index (κ2) is 5.34. The molecule has 15 heavy (non-hydrogen) atoms. The molecule has 0 aliphatic carbocycles. The highest BCUT2D eigenvalue weighted by molar-refractivity contribution is 7.99. The van der Waals surface area contributed by atoms with Crippen LogP contribution in [0.3, 0.4) is 0 Å². The number of hydrogen-bond acceptors (Lipinski definition) is 4. The van der Waals surface area contributed by atoms with Gasteiger partial charge in [-0.05, 0) is 30.7 Å². The number of nitrogens with two attached hydrogens (primary N) is 1. The van der Waals surface area contributed by atoms with Crippen LogP contribution in [-0.2, 0) is 0 Å². The van der Waals surface area contributed by atoms with Crippen molar-refractivity contribution in [2.75, 3.05) is 25.1 Å². The van der Waals surface area contributed by atoms with Crippen LogP contribution < -0.4 is 5.73 Å². The molecule has 1 fully saturated rings. The van der Waals surface area contributed by atoms with Gasteiger partial charge in [-0.15, -0.1) is 11.3 Å². The van der Waals surface area contributed by atoms with Gasteiger partial charge in [-0.1, -0.05) is 6.07 Å². The van der Waals surface area contributed by atoms with Crippen LogP contribution >= 0.6 is 23.1 Å². The summed E-state index contributed by atoms with van der Waals surface area (Å²) in [7, 11) is 2.20. The second-order valence-electron chi connectivity index (χ2n) is 4.08. The van der Waals surface area contributed by atoms with Crippen LogP contribution in [0.4, 0.5) is 0 Å². The molecule has 1 aliphatic rings. The Labute approximate surface area is 99.8 Å². The summed E-state index contributed by atoms with van der Waals surface area (Å²) in [4.78, 5) is 3.72. The average Bonchev–Trinajstić information content (AvgIpc) is 2.91. The quantitative estimate of drug-likeness (QED) is 0.877. The van der Waals surface area contributed by atoms with Crippen LogP contribution in [-0.4, -0.2) is 36.0 Å². The highest BCUT2D eigenvalue weighted by Gasteiger charge is 2.21. The van der Waals surface area contributed by atoms with Gasteiger partial charge < -0.3 is 10.6 Å². The molecule has 2 unspecified atom stereocenters. The van der Waals surface area contributed by atoms with E-state index in [2.05, 4.69) is 41.2 Å². The largest absolute Gasteiger partial charge is 0.322 e. The molecule has 1 saturated heterocycles. The molecule has 1 aliphatic heterocycles. The molecule has 2 nitrogen and oxygen atoms in total. The van der Waals surface area contributed by atoms with E-state index in [9.17, 15) is 0 Å². The van der Waals surface area contributed by atoms with Crippen LogP contribution in [0.1, 0.15) is 17.3 Å². The lowest BCUT2D eigenvalue weighted by Gasteiger charge is -2.26. The number of likely N-dealkylation sites (N-methyl/N-ethyl adjacent to an activating group) is 1. The fraction of sp³-hybridized carbons (Fsp3) is 0.636. The third kappa shape index (κ3) is 2.97. The summed E-state index contributed by atoms with van der Waals surface area (Å²) in [5.74, 6) is 2.58. The monoisotopic (exact) mass is 242 g/mol. The molecule has 84 valence electrons. The molecule has 0 amide bonds. The summed E-state index contributed by atoms with van der Waals surface area (Å²) in [6.07, 6.45) is 1.32. The highest BCUT2D eigenvalue weighted by atomic mass is 32.2. The van der Waals surface area contributed by atoms with Gasteiger partial charge in [0.25, 0.3) is 0 Å². The predicted molar refractivity (Wildman–Crippen MR) is 69.6 cm³/mol. The highest BCUT2D eigenvalue weighted by Crippen LogP contribution is 2.24. The van der Waals surface area contributed by atoms with Gasteiger partial charge in [0.15, 0.2) is 0 Å². The molecule has 0 radical (unpaired) electrons. The number of thioether (sulfide) groups is 1. The molecule has 4 heteroatoms. The Morgan fingerprint density at radius 3 is 3.13 bits per heavy atom. The standard InChI is InChI=1S/C11H18N2S2/c1-13(9-4-6-14-8-9)7-10(12)11-3-2-5-15-11/h2-3,5,9-10H,4,6-8,12H2,1H3. The zero-order valence-electron chi connectivity index (χ0n) is 9.06. The van der Waals surface area contributed by atoms with E-state index in [4.69, 9.17) is 5.73 Å². The van der Waals surface area contributed by atoms with Crippen molar-refractivity contribution in [1.82, 2.24) is 4.90 Å². The van der Waals surface area contributed by atoms with Crippen molar-refractivity contribution < 1.29 is 0 Å². The first-order valence-corrected chi connectivity index (χ1v) is 7.38. The van der Waals surface area contributed by atoms with Crippen molar-refractivity contribution in [3.8, 4) is 0 Å². The van der Waals surface area contributed by atoms with Crippen LogP contribution in [0.2, 0.25) is 0 Å². The summed E-state index contributed by atoms with van der Waals surface area (Å²) in [5, 5.41) is 2.10. The lowest BCUT2D eigenvalue weighted by molar-refractivity contribution is 0.248. The normalized spacial score (nSPS) is 23.5. The van der Waals surface area contributed by atoms with Crippen molar-refractivity contribution in [3.63, 3.8) is 0 Å². The third-order valence-electron chi connectivity index (χ3n) is 2.92. The average molecular weight is 242 g/mol. The number of hydrogen-bond donors (Lipinski definition) is 1. The minimum atomic E-state index is 0.181. The maximum Gasteiger partial charge on any atom is 0.0519 e. The van der Waals surface area contributed by atoms with E-state index in [1.165, 1.54) is 22.8 Å². The first-order valence-electron chi connectivity index (χ1n) is 5.34. The van der Waals surface area contributed by atoms with E-state index in [-0.39, 0.29) is 6.04 Å². The molecule has 0 saturated carbocycles. The van der Waals surface area contributed by atoms with E-state index in [1.54, 1.807) is 11.3 Å². The molecule has 0 spiro atoms.